The van der Waals surface area contributed by atoms with Gasteiger partial charge in [-0.1, -0.05) is 37.6 Å². The van der Waals surface area contributed by atoms with Crippen LogP contribution in [0, 0.1) is 5.92 Å². The molecular weight excluding hydrogens is 342 g/mol. The van der Waals surface area contributed by atoms with Gasteiger partial charge in [-0.25, -0.2) is 0 Å². The summed E-state index contributed by atoms with van der Waals surface area (Å²) in [6.45, 7) is 4.39. The van der Waals surface area contributed by atoms with E-state index in [1.807, 2.05) is 0 Å². The third-order valence-electron chi connectivity index (χ3n) is 3.83. The average molecular weight is 360 g/mol. The van der Waals surface area contributed by atoms with Crippen LogP contribution in [0.25, 0.3) is 0 Å². The van der Waals surface area contributed by atoms with Gasteiger partial charge in [0.25, 0.3) is 0 Å². The fraction of sp³-hybridized carbons (Fsp3) is 0.263. The highest BCUT2D eigenvalue weighted by Gasteiger charge is 2.23. The van der Waals surface area contributed by atoms with Crippen LogP contribution in [0.3, 0.4) is 0 Å². The van der Waals surface area contributed by atoms with Gasteiger partial charge in [0, 0.05) is 17.5 Å². The number of halogens is 1. The Morgan fingerprint density at radius 3 is 2.32 bits per heavy atom. The van der Waals surface area contributed by atoms with Gasteiger partial charge in [0.2, 0.25) is 5.91 Å². The lowest BCUT2D eigenvalue weighted by Gasteiger charge is -2.21. The summed E-state index contributed by atoms with van der Waals surface area (Å²) >= 11 is 6.16. The summed E-state index contributed by atoms with van der Waals surface area (Å²) in [7, 11) is 0. The Morgan fingerprint density at radius 2 is 1.68 bits per heavy atom. The smallest absolute Gasteiger partial charge is 0.226 e. The van der Waals surface area contributed by atoms with Crippen molar-refractivity contribution in [1.82, 2.24) is 0 Å². The first kappa shape index (κ1) is 17.3. The highest BCUT2D eigenvalue weighted by atomic mass is 35.5. The highest BCUT2D eigenvalue weighted by molar-refractivity contribution is 6.35. The number of hydrogen-bond donors (Lipinski definition) is 1. The zero-order valence-corrected chi connectivity index (χ0v) is 14.7. The topological polar surface area (TPSA) is 64.6 Å². The number of hydrogen-bond acceptors (Lipinski definition) is 4. The number of carbonyl (C=O) groups excluding carboxylic acids is 2. The molecule has 0 fully saturated rings. The molecule has 0 saturated heterocycles. The minimum atomic E-state index is -0.290. The van der Waals surface area contributed by atoms with Crippen molar-refractivity contribution in [3.63, 3.8) is 0 Å². The van der Waals surface area contributed by atoms with Crippen molar-refractivity contribution >= 4 is 29.0 Å². The number of amides is 1. The molecule has 1 heterocycles. The minimum absolute atomic E-state index is 0.190. The molecule has 0 aliphatic carbocycles. The standard InChI is InChI=1S/C19H18ClNO4/c1-11(2)19(23)21-15-10-17-16(24-7-8-25-17)9-13(15)18(22)12-5-3-4-6-14(12)20/h3-6,9-11H,7-8H2,1-2H3,(H,21,23). The van der Waals surface area contributed by atoms with Gasteiger partial charge in [-0.3, -0.25) is 9.59 Å². The van der Waals surface area contributed by atoms with Crippen LogP contribution in [0.1, 0.15) is 29.8 Å². The van der Waals surface area contributed by atoms with Crippen molar-refractivity contribution in [3.8, 4) is 11.5 Å². The highest BCUT2D eigenvalue weighted by Crippen LogP contribution is 2.37. The van der Waals surface area contributed by atoms with E-state index in [9.17, 15) is 9.59 Å². The van der Waals surface area contributed by atoms with Crippen LogP contribution in [0.5, 0.6) is 11.5 Å². The van der Waals surface area contributed by atoms with Gasteiger partial charge in [-0.15, -0.1) is 0 Å². The maximum Gasteiger partial charge on any atom is 0.226 e. The molecule has 0 unspecified atom stereocenters. The molecule has 5 nitrogen and oxygen atoms in total. The fourth-order valence-electron chi connectivity index (χ4n) is 2.45. The molecule has 0 spiro atoms. The van der Waals surface area contributed by atoms with E-state index in [4.69, 9.17) is 21.1 Å². The summed E-state index contributed by atoms with van der Waals surface area (Å²) in [6, 6.07) is 10.0. The number of anilines is 1. The van der Waals surface area contributed by atoms with Crippen molar-refractivity contribution in [2.24, 2.45) is 5.92 Å². The van der Waals surface area contributed by atoms with E-state index in [2.05, 4.69) is 5.32 Å². The molecule has 0 saturated carbocycles. The Labute approximate surface area is 150 Å². The molecule has 0 radical (unpaired) electrons. The number of ether oxygens (including phenoxy) is 2. The lowest BCUT2D eigenvalue weighted by molar-refractivity contribution is -0.118. The molecular formula is C19H18ClNO4. The SMILES string of the molecule is CC(C)C(=O)Nc1cc2c(cc1C(=O)c1ccccc1Cl)OCCO2. The van der Waals surface area contributed by atoms with Crippen LogP contribution in [0.15, 0.2) is 36.4 Å². The maximum atomic E-state index is 13.0. The molecule has 1 aliphatic heterocycles. The number of carbonyl (C=O) groups is 2. The van der Waals surface area contributed by atoms with E-state index in [1.54, 1.807) is 50.2 Å². The van der Waals surface area contributed by atoms with E-state index in [0.29, 0.717) is 46.5 Å². The predicted octanol–water partition coefficient (Wildman–Crippen LogP) is 3.94. The van der Waals surface area contributed by atoms with E-state index in [1.165, 1.54) is 0 Å². The molecule has 0 atom stereocenters. The zero-order chi connectivity index (χ0) is 18.0. The third-order valence-corrected chi connectivity index (χ3v) is 4.16. The number of rotatable bonds is 4. The molecule has 25 heavy (non-hydrogen) atoms. The van der Waals surface area contributed by atoms with Crippen molar-refractivity contribution in [2.45, 2.75) is 13.8 Å². The second-order valence-electron chi connectivity index (χ2n) is 5.99. The third kappa shape index (κ3) is 3.61. The van der Waals surface area contributed by atoms with E-state index in [0.717, 1.165) is 0 Å². The number of ketones is 1. The van der Waals surface area contributed by atoms with Crippen LogP contribution in [-0.2, 0) is 4.79 Å². The lowest BCUT2D eigenvalue weighted by atomic mass is 10.00. The Kier molecular flexibility index (Phi) is 4.95. The summed E-state index contributed by atoms with van der Waals surface area (Å²) in [5.41, 5.74) is 1.06. The normalized spacial score (nSPS) is 12.8. The lowest BCUT2D eigenvalue weighted by Crippen LogP contribution is -2.21. The molecule has 1 N–H and O–H groups in total. The van der Waals surface area contributed by atoms with Gasteiger partial charge < -0.3 is 14.8 Å². The summed E-state index contributed by atoms with van der Waals surface area (Å²) in [5, 5.41) is 3.14. The minimum Gasteiger partial charge on any atom is -0.486 e. The quantitative estimate of drug-likeness (QED) is 0.840. The Hall–Kier alpha value is -2.53. The molecule has 130 valence electrons. The van der Waals surface area contributed by atoms with Gasteiger partial charge in [-0.05, 0) is 18.2 Å². The fourth-order valence-corrected chi connectivity index (χ4v) is 2.67. The first-order valence-corrected chi connectivity index (χ1v) is 8.39. The summed E-state index contributed by atoms with van der Waals surface area (Å²) in [4.78, 5) is 25.1. The molecule has 2 aromatic rings. The summed E-state index contributed by atoms with van der Waals surface area (Å²) in [6.07, 6.45) is 0. The molecule has 3 rings (SSSR count). The van der Waals surface area contributed by atoms with E-state index < -0.39 is 0 Å². The van der Waals surface area contributed by atoms with Crippen molar-refractivity contribution in [3.05, 3.63) is 52.5 Å². The van der Waals surface area contributed by atoms with Gasteiger partial charge in [0.15, 0.2) is 17.3 Å². The number of fused-ring (bicyclic) bond motifs is 1. The van der Waals surface area contributed by atoms with Crippen LogP contribution < -0.4 is 14.8 Å². The van der Waals surface area contributed by atoms with Crippen LogP contribution >= 0.6 is 11.6 Å². The van der Waals surface area contributed by atoms with Crippen LogP contribution in [-0.4, -0.2) is 24.9 Å². The van der Waals surface area contributed by atoms with Gasteiger partial charge in [0.05, 0.1) is 16.3 Å². The predicted molar refractivity (Wildman–Crippen MR) is 95.8 cm³/mol. The van der Waals surface area contributed by atoms with Crippen molar-refractivity contribution < 1.29 is 19.1 Å². The first-order chi connectivity index (χ1) is 12.0. The number of nitrogens with one attached hydrogen (secondary N) is 1. The van der Waals surface area contributed by atoms with Gasteiger partial charge in [0.1, 0.15) is 13.2 Å². The van der Waals surface area contributed by atoms with Crippen molar-refractivity contribution in [2.75, 3.05) is 18.5 Å². The van der Waals surface area contributed by atoms with Crippen LogP contribution in [0.4, 0.5) is 5.69 Å². The summed E-state index contributed by atoms with van der Waals surface area (Å²) in [5.74, 6) is 0.271. The molecule has 0 aromatic heterocycles. The van der Waals surface area contributed by atoms with Gasteiger partial charge >= 0.3 is 0 Å². The Balaban J connectivity index is 2.08. The number of benzene rings is 2. The average Bonchev–Trinajstić information content (AvgIpc) is 2.61. The molecule has 2 aromatic carbocycles. The molecule has 1 aliphatic rings. The molecule has 0 bridgehead atoms. The van der Waals surface area contributed by atoms with Crippen LogP contribution in [0.2, 0.25) is 5.02 Å². The molecule has 6 heteroatoms. The van der Waals surface area contributed by atoms with Crippen molar-refractivity contribution in [1.29, 1.82) is 0 Å². The second kappa shape index (κ2) is 7.15. The largest absolute Gasteiger partial charge is 0.486 e. The summed E-state index contributed by atoms with van der Waals surface area (Å²) < 4.78 is 11.1. The van der Waals surface area contributed by atoms with E-state index in [-0.39, 0.29) is 17.6 Å². The zero-order valence-electron chi connectivity index (χ0n) is 14.0. The first-order valence-electron chi connectivity index (χ1n) is 8.01. The van der Waals surface area contributed by atoms with E-state index >= 15 is 0 Å². The van der Waals surface area contributed by atoms with Gasteiger partial charge in [-0.2, -0.15) is 0 Å². The Bertz CT molecular complexity index is 832. The molecule has 1 amide bonds. The second-order valence-corrected chi connectivity index (χ2v) is 6.40. The Morgan fingerprint density at radius 1 is 1.04 bits per heavy atom. The maximum absolute atomic E-state index is 13.0. The monoisotopic (exact) mass is 359 g/mol.